The van der Waals surface area contributed by atoms with Gasteiger partial charge in [0.2, 0.25) is 0 Å². The largest absolute Gasteiger partial charge is 0.338 e. The van der Waals surface area contributed by atoms with Crippen molar-refractivity contribution in [2.75, 3.05) is 6.54 Å². The Morgan fingerprint density at radius 2 is 1.73 bits per heavy atom. The third kappa shape index (κ3) is 8.28. The van der Waals surface area contributed by atoms with E-state index in [2.05, 4.69) is 38.3 Å². The van der Waals surface area contributed by atoms with Crippen molar-refractivity contribution in [2.24, 2.45) is 11.8 Å². The molecule has 0 fully saturated rings. The van der Waals surface area contributed by atoms with E-state index in [0.717, 1.165) is 13.0 Å². The topological polar surface area (TPSA) is 41.1 Å². The lowest BCUT2D eigenvalue weighted by molar-refractivity contribution is 0.234. The fourth-order valence-electron chi connectivity index (χ4n) is 1.14. The van der Waals surface area contributed by atoms with E-state index in [1.54, 1.807) is 0 Å². The van der Waals surface area contributed by atoms with Crippen LogP contribution in [0.4, 0.5) is 4.79 Å². The quantitative estimate of drug-likeness (QED) is 0.656. The summed E-state index contributed by atoms with van der Waals surface area (Å²) in [5, 5.41) is 5.79. The molecule has 2 N–H and O–H groups in total. The molecule has 0 saturated heterocycles. The van der Waals surface area contributed by atoms with Gasteiger partial charge in [-0.05, 0) is 31.6 Å². The molecule has 0 bridgehead atoms. The van der Waals surface area contributed by atoms with Gasteiger partial charge in [-0.25, -0.2) is 4.79 Å². The molecule has 0 aromatic rings. The van der Waals surface area contributed by atoms with Crippen LogP contribution < -0.4 is 10.6 Å². The molecule has 0 aliphatic heterocycles. The Balaban J connectivity index is 3.49. The Bertz CT molecular complexity index is 178. The lowest BCUT2D eigenvalue weighted by atomic mass is 10.1. The summed E-state index contributed by atoms with van der Waals surface area (Å²) in [4.78, 5) is 11.4. The van der Waals surface area contributed by atoms with Crippen LogP contribution in [0.3, 0.4) is 0 Å². The van der Waals surface area contributed by atoms with Gasteiger partial charge in [0.25, 0.3) is 0 Å². The van der Waals surface area contributed by atoms with Gasteiger partial charge in [0.15, 0.2) is 0 Å². The minimum atomic E-state index is -0.0417. The van der Waals surface area contributed by atoms with Crippen LogP contribution in [0.2, 0.25) is 0 Å². The van der Waals surface area contributed by atoms with E-state index in [-0.39, 0.29) is 12.1 Å². The normalized spacial score (nSPS) is 13.0. The molecule has 0 radical (unpaired) electrons. The number of rotatable bonds is 6. The number of amides is 2. The number of nitrogens with one attached hydrogen (secondary N) is 2. The first-order valence-corrected chi connectivity index (χ1v) is 5.97. The Morgan fingerprint density at radius 3 is 2.20 bits per heavy atom. The number of hydrogen-bond acceptors (Lipinski definition) is 1. The van der Waals surface area contributed by atoms with Crippen molar-refractivity contribution < 1.29 is 4.79 Å². The van der Waals surface area contributed by atoms with Gasteiger partial charge in [-0.2, -0.15) is 0 Å². The van der Waals surface area contributed by atoms with Crippen LogP contribution >= 0.6 is 0 Å². The predicted octanol–water partition coefficient (Wildman–Crippen LogP) is 2.77. The van der Waals surface area contributed by atoms with Crippen LogP contribution in [0.25, 0.3) is 0 Å². The van der Waals surface area contributed by atoms with Crippen molar-refractivity contribution in [3.05, 3.63) is 0 Å². The highest BCUT2D eigenvalue weighted by atomic mass is 16.2. The standard InChI is InChI=1S/C12H26N2O/c1-9(2)7-6-8-13-12(15)14-11(5)10(3)4/h9-11H,6-8H2,1-5H3,(H2,13,14,15). The molecule has 0 heterocycles. The highest BCUT2D eigenvalue weighted by Gasteiger charge is 2.09. The maximum atomic E-state index is 11.4. The molecule has 0 aromatic heterocycles. The van der Waals surface area contributed by atoms with Gasteiger partial charge in [-0.3, -0.25) is 0 Å². The second-order valence-corrected chi connectivity index (χ2v) is 4.97. The average Bonchev–Trinajstić information content (AvgIpc) is 2.12. The third-order valence-corrected chi connectivity index (χ3v) is 2.60. The van der Waals surface area contributed by atoms with Gasteiger partial charge in [0, 0.05) is 12.6 Å². The highest BCUT2D eigenvalue weighted by Crippen LogP contribution is 2.02. The van der Waals surface area contributed by atoms with Crippen LogP contribution in [0, 0.1) is 11.8 Å². The van der Waals surface area contributed by atoms with Crippen LogP contribution in [-0.4, -0.2) is 18.6 Å². The summed E-state index contributed by atoms with van der Waals surface area (Å²) in [6.07, 6.45) is 2.22. The Hall–Kier alpha value is -0.730. The van der Waals surface area contributed by atoms with Crippen molar-refractivity contribution in [1.29, 1.82) is 0 Å². The minimum Gasteiger partial charge on any atom is -0.338 e. The minimum absolute atomic E-state index is 0.0417. The monoisotopic (exact) mass is 214 g/mol. The van der Waals surface area contributed by atoms with E-state index in [4.69, 9.17) is 0 Å². The van der Waals surface area contributed by atoms with Gasteiger partial charge in [-0.15, -0.1) is 0 Å². The maximum absolute atomic E-state index is 11.4. The molecule has 0 spiro atoms. The summed E-state index contributed by atoms with van der Waals surface area (Å²) in [5.74, 6) is 1.19. The van der Waals surface area contributed by atoms with Gasteiger partial charge in [0.05, 0.1) is 0 Å². The van der Waals surface area contributed by atoms with E-state index < -0.39 is 0 Å². The second kappa shape index (κ2) is 7.55. The van der Waals surface area contributed by atoms with Crippen LogP contribution in [0.15, 0.2) is 0 Å². The van der Waals surface area contributed by atoms with Gasteiger partial charge >= 0.3 is 6.03 Å². The number of carbonyl (C=O) groups excluding carboxylic acids is 1. The SMILES string of the molecule is CC(C)CCCNC(=O)NC(C)C(C)C. The Morgan fingerprint density at radius 1 is 1.13 bits per heavy atom. The van der Waals surface area contributed by atoms with Gasteiger partial charge < -0.3 is 10.6 Å². The van der Waals surface area contributed by atoms with E-state index in [9.17, 15) is 4.79 Å². The lowest BCUT2D eigenvalue weighted by Gasteiger charge is -2.17. The third-order valence-electron chi connectivity index (χ3n) is 2.60. The zero-order chi connectivity index (χ0) is 11.8. The Labute approximate surface area is 94.0 Å². The molecule has 15 heavy (non-hydrogen) atoms. The molecule has 0 aliphatic carbocycles. The lowest BCUT2D eigenvalue weighted by Crippen LogP contribution is -2.43. The highest BCUT2D eigenvalue weighted by molar-refractivity contribution is 5.74. The van der Waals surface area contributed by atoms with Crippen molar-refractivity contribution in [1.82, 2.24) is 10.6 Å². The maximum Gasteiger partial charge on any atom is 0.315 e. The molecular weight excluding hydrogens is 188 g/mol. The molecule has 0 rings (SSSR count). The van der Waals surface area contributed by atoms with Crippen molar-refractivity contribution in [2.45, 2.75) is 53.5 Å². The van der Waals surface area contributed by atoms with Crippen LogP contribution in [0.5, 0.6) is 0 Å². The zero-order valence-electron chi connectivity index (χ0n) is 10.8. The molecule has 2 amide bonds. The molecular formula is C12H26N2O. The van der Waals surface area contributed by atoms with E-state index in [1.165, 1.54) is 6.42 Å². The summed E-state index contributed by atoms with van der Waals surface area (Å²) in [7, 11) is 0. The molecule has 0 saturated carbocycles. The predicted molar refractivity (Wildman–Crippen MR) is 64.9 cm³/mol. The summed E-state index contributed by atoms with van der Waals surface area (Å²) < 4.78 is 0. The number of carbonyl (C=O) groups is 1. The Kier molecular flexibility index (Phi) is 7.18. The summed E-state index contributed by atoms with van der Waals surface area (Å²) in [6.45, 7) is 11.4. The van der Waals surface area contributed by atoms with E-state index in [1.807, 2.05) is 6.92 Å². The number of hydrogen-bond donors (Lipinski definition) is 2. The molecule has 0 aliphatic rings. The molecule has 3 nitrogen and oxygen atoms in total. The van der Waals surface area contributed by atoms with Crippen molar-refractivity contribution in [3.8, 4) is 0 Å². The zero-order valence-corrected chi connectivity index (χ0v) is 10.8. The first-order chi connectivity index (χ1) is 6.93. The van der Waals surface area contributed by atoms with Crippen LogP contribution in [-0.2, 0) is 0 Å². The summed E-state index contributed by atoms with van der Waals surface area (Å²) >= 11 is 0. The first-order valence-electron chi connectivity index (χ1n) is 5.97. The number of urea groups is 1. The smallest absolute Gasteiger partial charge is 0.315 e. The first kappa shape index (κ1) is 14.3. The van der Waals surface area contributed by atoms with Gasteiger partial charge in [-0.1, -0.05) is 27.7 Å². The summed E-state index contributed by atoms with van der Waals surface area (Å²) in [6, 6.07) is 0.190. The molecule has 90 valence electrons. The second-order valence-electron chi connectivity index (χ2n) is 4.97. The molecule has 0 aromatic carbocycles. The van der Waals surface area contributed by atoms with E-state index >= 15 is 0 Å². The van der Waals surface area contributed by atoms with Gasteiger partial charge in [0.1, 0.15) is 0 Å². The fraction of sp³-hybridized carbons (Fsp3) is 0.917. The molecule has 1 atom stereocenters. The van der Waals surface area contributed by atoms with Crippen LogP contribution in [0.1, 0.15) is 47.5 Å². The molecule has 3 heteroatoms. The fourth-order valence-corrected chi connectivity index (χ4v) is 1.14. The molecule has 1 unspecified atom stereocenters. The summed E-state index contributed by atoms with van der Waals surface area (Å²) in [5.41, 5.74) is 0. The average molecular weight is 214 g/mol. The van der Waals surface area contributed by atoms with E-state index in [0.29, 0.717) is 11.8 Å². The van der Waals surface area contributed by atoms with Crippen molar-refractivity contribution in [3.63, 3.8) is 0 Å². The van der Waals surface area contributed by atoms with Crippen molar-refractivity contribution >= 4 is 6.03 Å².